The summed E-state index contributed by atoms with van der Waals surface area (Å²) in [6, 6.07) is 12.9. The smallest absolute Gasteiger partial charge is 0.354 e. The van der Waals surface area contributed by atoms with Crippen LogP contribution in [-0.2, 0) is 9.47 Å². The van der Waals surface area contributed by atoms with Crippen LogP contribution < -0.4 is 10.9 Å². The van der Waals surface area contributed by atoms with Crippen LogP contribution in [0.1, 0.15) is 21.0 Å². The molecule has 32 heavy (non-hydrogen) atoms. The van der Waals surface area contributed by atoms with E-state index in [-0.39, 0.29) is 22.2 Å². The second-order valence-corrected chi connectivity index (χ2v) is 8.29. The molecule has 2 N–H and O–H groups in total. The lowest BCUT2D eigenvalue weighted by molar-refractivity contribution is 0.0585. The van der Waals surface area contributed by atoms with Crippen molar-refractivity contribution in [1.82, 2.24) is 9.97 Å². The van der Waals surface area contributed by atoms with Crippen molar-refractivity contribution in [2.75, 3.05) is 14.2 Å². The summed E-state index contributed by atoms with van der Waals surface area (Å²) in [7, 11) is 2.54. The van der Waals surface area contributed by atoms with E-state index in [1.807, 2.05) is 0 Å². The Labute approximate surface area is 197 Å². The lowest BCUT2D eigenvalue weighted by Gasteiger charge is -2.02. The number of methoxy groups -OCH3 is 2. The Balaban J connectivity index is 0.000000181. The number of H-pyrrole nitrogens is 2. The van der Waals surface area contributed by atoms with Crippen LogP contribution in [0.2, 0.25) is 0 Å². The number of nitrogens with one attached hydrogen (secondary N) is 2. The van der Waals surface area contributed by atoms with Crippen LogP contribution in [0, 0.1) is 0 Å². The van der Waals surface area contributed by atoms with Gasteiger partial charge in [-0.15, -0.1) is 0 Å². The number of hydrogen-bond acceptors (Lipinski definition) is 6. The summed E-state index contributed by atoms with van der Waals surface area (Å²) in [5, 5.41) is 1.06. The summed E-state index contributed by atoms with van der Waals surface area (Å²) in [5.41, 5.74) is 1.10. The number of carbonyl (C=O) groups is 2. The van der Waals surface area contributed by atoms with Gasteiger partial charge in [0, 0.05) is 42.9 Å². The molecule has 0 saturated heterocycles. The molecule has 0 atom stereocenters. The number of aromatic amines is 2. The van der Waals surface area contributed by atoms with Crippen LogP contribution in [0.4, 0.5) is 0 Å². The number of carbonyl (C=O) groups excluding carboxylic acids is 2. The Morgan fingerprint density at radius 1 is 0.688 bits per heavy atom. The number of pyridine rings is 2. The number of aromatic nitrogens is 2. The quantitative estimate of drug-likeness (QED) is 0.354. The molecule has 4 rings (SSSR count). The van der Waals surface area contributed by atoms with E-state index in [0.29, 0.717) is 21.8 Å². The van der Waals surface area contributed by atoms with Crippen molar-refractivity contribution in [1.29, 1.82) is 0 Å². The van der Waals surface area contributed by atoms with E-state index < -0.39 is 11.9 Å². The lowest BCUT2D eigenvalue weighted by atomic mass is 10.2. The second kappa shape index (κ2) is 9.92. The maximum atomic E-state index is 11.7. The van der Waals surface area contributed by atoms with Gasteiger partial charge < -0.3 is 19.4 Å². The Hall–Kier alpha value is -3.24. The zero-order valence-electron chi connectivity index (χ0n) is 16.8. The van der Waals surface area contributed by atoms with Crippen LogP contribution in [0.15, 0.2) is 67.1 Å². The van der Waals surface area contributed by atoms with Crippen LogP contribution in [0.5, 0.6) is 0 Å². The minimum absolute atomic E-state index is 0.155. The van der Waals surface area contributed by atoms with Crippen molar-refractivity contribution < 1.29 is 19.1 Å². The average molecular weight is 564 g/mol. The van der Waals surface area contributed by atoms with E-state index >= 15 is 0 Å². The second-order valence-electron chi connectivity index (χ2n) is 6.46. The molecule has 10 heteroatoms. The number of rotatable bonds is 2. The van der Waals surface area contributed by atoms with Gasteiger partial charge in [-0.2, -0.15) is 0 Å². The molecule has 0 spiro atoms. The number of hydrogen-bond donors (Lipinski definition) is 2. The highest BCUT2D eigenvalue weighted by atomic mass is 79.9. The Morgan fingerprint density at radius 2 is 1.06 bits per heavy atom. The zero-order chi connectivity index (χ0) is 23.4. The maximum Gasteiger partial charge on any atom is 0.354 e. The maximum absolute atomic E-state index is 11.7. The van der Waals surface area contributed by atoms with Gasteiger partial charge >= 0.3 is 11.9 Å². The lowest BCUT2D eigenvalue weighted by Crippen LogP contribution is -2.11. The molecule has 8 nitrogen and oxygen atoms in total. The fraction of sp³-hybridized carbons (Fsp3) is 0.0909. The molecule has 0 bridgehead atoms. The number of fused-ring (bicyclic) bond motifs is 2. The fourth-order valence-corrected chi connectivity index (χ4v) is 3.60. The van der Waals surface area contributed by atoms with E-state index in [2.05, 4.69) is 51.3 Å². The van der Waals surface area contributed by atoms with Gasteiger partial charge in [0.2, 0.25) is 0 Å². The summed E-state index contributed by atoms with van der Waals surface area (Å²) < 4.78 is 10.7. The van der Waals surface area contributed by atoms with Crippen molar-refractivity contribution in [3.05, 3.63) is 89.3 Å². The topological polar surface area (TPSA) is 118 Å². The van der Waals surface area contributed by atoms with E-state index in [1.165, 1.54) is 26.4 Å². The van der Waals surface area contributed by atoms with Gasteiger partial charge in [-0.1, -0.05) is 31.9 Å². The molecule has 0 amide bonds. The van der Waals surface area contributed by atoms with Crippen LogP contribution in [0.3, 0.4) is 0 Å². The minimum Gasteiger partial charge on any atom is -0.464 e. The molecule has 4 aromatic rings. The first-order valence-corrected chi connectivity index (χ1v) is 10.6. The summed E-state index contributed by atoms with van der Waals surface area (Å²) in [6.07, 6.45) is 0. The van der Waals surface area contributed by atoms with Crippen LogP contribution in [0.25, 0.3) is 21.8 Å². The molecule has 0 saturated carbocycles. The Morgan fingerprint density at radius 3 is 1.41 bits per heavy atom. The Kier molecular flexibility index (Phi) is 7.26. The van der Waals surface area contributed by atoms with E-state index in [4.69, 9.17) is 0 Å². The monoisotopic (exact) mass is 562 g/mol. The first-order chi connectivity index (χ1) is 15.2. The molecule has 0 aliphatic rings. The highest BCUT2D eigenvalue weighted by Gasteiger charge is 2.10. The summed E-state index contributed by atoms with van der Waals surface area (Å²) in [6.45, 7) is 0. The third-order valence-electron chi connectivity index (χ3n) is 4.39. The summed E-state index contributed by atoms with van der Waals surface area (Å²) >= 11 is 6.57. The van der Waals surface area contributed by atoms with Crippen molar-refractivity contribution in [2.24, 2.45) is 0 Å². The molecule has 2 aromatic carbocycles. The molecule has 2 heterocycles. The highest BCUT2D eigenvalue weighted by molar-refractivity contribution is 9.10. The largest absolute Gasteiger partial charge is 0.464 e. The van der Waals surface area contributed by atoms with Gasteiger partial charge in [0.1, 0.15) is 11.4 Å². The minimum atomic E-state index is -0.554. The third-order valence-corrected chi connectivity index (χ3v) is 5.38. The molecule has 0 aliphatic heterocycles. The number of halogens is 2. The third kappa shape index (κ3) is 5.14. The van der Waals surface area contributed by atoms with Crippen molar-refractivity contribution >= 4 is 65.6 Å². The van der Waals surface area contributed by atoms with E-state index in [1.54, 1.807) is 36.4 Å². The fourth-order valence-electron chi connectivity index (χ4n) is 2.88. The van der Waals surface area contributed by atoms with Crippen molar-refractivity contribution in [2.45, 2.75) is 0 Å². The zero-order valence-corrected chi connectivity index (χ0v) is 20.0. The molecular weight excluding hydrogens is 548 g/mol. The average Bonchev–Trinajstić information content (AvgIpc) is 2.79. The van der Waals surface area contributed by atoms with Crippen LogP contribution >= 0.6 is 31.9 Å². The number of ether oxygens (including phenoxy) is 2. The van der Waals surface area contributed by atoms with Gasteiger partial charge in [-0.05, 0) is 36.4 Å². The Bertz CT molecular complexity index is 1350. The summed E-state index contributed by atoms with van der Waals surface area (Å²) in [4.78, 5) is 51.7. The molecule has 0 fully saturated rings. The molecule has 2 aromatic heterocycles. The normalized spacial score (nSPS) is 10.4. The van der Waals surface area contributed by atoms with Gasteiger partial charge in [0.15, 0.2) is 10.9 Å². The first kappa shape index (κ1) is 23.4. The molecule has 0 aliphatic carbocycles. The SMILES string of the molecule is COC(=O)c1cc(=O)c2cc(Br)ccc2[nH]1.COC(=O)c1cc(=O)c2cc(Br)ccc2[nH]1. The first-order valence-electron chi connectivity index (χ1n) is 9.05. The van der Waals surface area contributed by atoms with Crippen molar-refractivity contribution in [3.8, 4) is 0 Å². The predicted octanol–water partition coefficient (Wildman–Crippen LogP) is 4.15. The standard InChI is InChI=1S/2C11H8BrNO3/c2*1-16-11(15)9-5-10(14)7-4-6(12)2-3-8(7)13-9/h2*2-5H,1H3,(H,13,14). The summed E-state index contributed by atoms with van der Waals surface area (Å²) in [5.74, 6) is -1.11. The predicted molar refractivity (Wildman–Crippen MR) is 127 cm³/mol. The van der Waals surface area contributed by atoms with Gasteiger partial charge in [-0.25, -0.2) is 9.59 Å². The number of benzene rings is 2. The van der Waals surface area contributed by atoms with Gasteiger partial charge in [0.05, 0.1) is 14.2 Å². The molecule has 0 radical (unpaired) electrons. The highest BCUT2D eigenvalue weighted by Crippen LogP contribution is 2.17. The van der Waals surface area contributed by atoms with Crippen molar-refractivity contribution in [3.63, 3.8) is 0 Å². The van der Waals surface area contributed by atoms with Gasteiger partial charge in [-0.3, -0.25) is 9.59 Å². The van der Waals surface area contributed by atoms with Crippen LogP contribution in [-0.4, -0.2) is 36.1 Å². The molecular formula is C22H16Br2N2O6. The van der Waals surface area contributed by atoms with Gasteiger partial charge in [0.25, 0.3) is 0 Å². The van der Waals surface area contributed by atoms with E-state index in [9.17, 15) is 19.2 Å². The number of esters is 2. The molecule has 164 valence electrons. The molecule has 0 unspecified atom stereocenters. The van der Waals surface area contributed by atoms with E-state index in [0.717, 1.165) is 8.95 Å².